The lowest BCUT2D eigenvalue weighted by molar-refractivity contribution is 0.808. The van der Waals surface area contributed by atoms with Gasteiger partial charge in [0, 0.05) is 23.7 Å². The van der Waals surface area contributed by atoms with E-state index in [-0.39, 0.29) is 0 Å². The van der Waals surface area contributed by atoms with Crippen LogP contribution in [0.25, 0.3) is 16.6 Å². The molecular weight excluding hydrogens is 298 g/mol. The average molecular weight is 317 g/mol. The topological polar surface area (TPSA) is 56.0 Å². The normalized spacial score (nSPS) is 11.5. The molecule has 0 saturated heterocycles. The van der Waals surface area contributed by atoms with Crippen molar-refractivity contribution in [3.05, 3.63) is 65.0 Å². The Hall–Kier alpha value is -2.82. The molecule has 4 aromatic rings. The van der Waals surface area contributed by atoms with E-state index >= 15 is 0 Å². The highest BCUT2D eigenvalue weighted by atomic mass is 15.3. The van der Waals surface area contributed by atoms with Gasteiger partial charge >= 0.3 is 0 Å². The Kier molecular flexibility index (Phi) is 3.49. The number of benzene rings is 1. The average Bonchev–Trinajstić information content (AvgIpc) is 3.01. The van der Waals surface area contributed by atoms with E-state index in [0.29, 0.717) is 0 Å². The highest BCUT2D eigenvalue weighted by Crippen LogP contribution is 2.15. The molecule has 0 bridgehead atoms. The molecule has 0 fully saturated rings. The molecular formula is C19H19N5. The summed E-state index contributed by atoms with van der Waals surface area (Å²) >= 11 is 0. The molecule has 24 heavy (non-hydrogen) atoms. The lowest BCUT2D eigenvalue weighted by Gasteiger charge is -2.02. The molecule has 0 aliphatic heterocycles. The minimum atomic E-state index is 0.769. The molecule has 5 heteroatoms. The zero-order valence-corrected chi connectivity index (χ0v) is 14.1. The first-order chi connectivity index (χ1) is 11.6. The summed E-state index contributed by atoms with van der Waals surface area (Å²) in [4.78, 5) is 13.7. The molecule has 0 aliphatic carbocycles. The summed E-state index contributed by atoms with van der Waals surface area (Å²) in [5, 5.41) is 5.78. The summed E-state index contributed by atoms with van der Waals surface area (Å²) < 4.78 is 1.87. The zero-order valence-electron chi connectivity index (χ0n) is 14.1. The predicted octanol–water partition coefficient (Wildman–Crippen LogP) is 3.38. The van der Waals surface area contributed by atoms with Gasteiger partial charge in [0.2, 0.25) is 0 Å². The van der Waals surface area contributed by atoms with Crippen molar-refractivity contribution >= 4 is 16.6 Å². The minimum Gasteiger partial charge on any atom is -0.256 e. The monoisotopic (exact) mass is 317 g/mol. The number of hydrogen-bond donors (Lipinski definition) is 0. The summed E-state index contributed by atoms with van der Waals surface area (Å²) in [5.74, 6) is 0.834. The number of pyridine rings is 1. The smallest absolute Gasteiger partial charge is 0.177 e. The number of aryl methyl sites for hydroxylation is 5. The largest absolute Gasteiger partial charge is 0.256 e. The molecule has 0 radical (unpaired) electrons. The Labute approximate surface area is 140 Å². The number of hydrogen-bond acceptors (Lipinski definition) is 4. The van der Waals surface area contributed by atoms with Crippen molar-refractivity contribution in [2.24, 2.45) is 0 Å². The molecule has 0 unspecified atom stereocenters. The number of fused-ring (bicyclic) bond motifs is 2. The van der Waals surface area contributed by atoms with Gasteiger partial charge in [-0.15, -0.1) is 0 Å². The molecule has 0 atom stereocenters. The van der Waals surface area contributed by atoms with Crippen molar-refractivity contribution in [3.8, 4) is 0 Å². The first kappa shape index (κ1) is 14.8. The second-order valence-electron chi connectivity index (χ2n) is 6.25. The molecule has 3 heterocycles. The van der Waals surface area contributed by atoms with Crippen LogP contribution in [0.2, 0.25) is 0 Å². The number of aromatic nitrogens is 5. The van der Waals surface area contributed by atoms with E-state index in [0.717, 1.165) is 46.9 Å². The Balaban J connectivity index is 1.60. The van der Waals surface area contributed by atoms with Gasteiger partial charge in [0.25, 0.3) is 0 Å². The van der Waals surface area contributed by atoms with E-state index in [1.54, 1.807) is 0 Å². The van der Waals surface area contributed by atoms with Crippen LogP contribution < -0.4 is 0 Å². The fourth-order valence-electron chi connectivity index (χ4n) is 2.89. The standard InChI is InChI=1S/C19H19N5/c1-12-4-5-15-6-7-16(21-17(15)10-12)8-9-18-22-19-14(3)20-11-13(2)24(19)23-18/h4-7,10-11H,8-9H2,1-3H3. The third kappa shape index (κ3) is 2.62. The van der Waals surface area contributed by atoms with Gasteiger partial charge in [-0.2, -0.15) is 5.10 Å². The fraction of sp³-hybridized carbons (Fsp3) is 0.263. The van der Waals surface area contributed by atoms with Crippen molar-refractivity contribution in [2.75, 3.05) is 0 Å². The van der Waals surface area contributed by atoms with Gasteiger partial charge in [-0.25, -0.2) is 9.50 Å². The number of rotatable bonds is 3. The molecule has 1 aromatic carbocycles. The van der Waals surface area contributed by atoms with E-state index in [9.17, 15) is 0 Å². The van der Waals surface area contributed by atoms with Crippen LogP contribution in [0.15, 0.2) is 36.5 Å². The molecule has 120 valence electrons. The molecule has 0 N–H and O–H groups in total. The fourth-order valence-corrected chi connectivity index (χ4v) is 2.89. The first-order valence-corrected chi connectivity index (χ1v) is 8.14. The summed E-state index contributed by atoms with van der Waals surface area (Å²) in [6.07, 6.45) is 3.42. The van der Waals surface area contributed by atoms with Crippen LogP contribution in [0.4, 0.5) is 0 Å². The third-order valence-electron chi connectivity index (χ3n) is 4.26. The minimum absolute atomic E-state index is 0.769. The van der Waals surface area contributed by atoms with Crippen LogP contribution in [0.5, 0.6) is 0 Å². The van der Waals surface area contributed by atoms with E-state index in [2.05, 4.69) is 52.3 Å². The predicted molar refractivity (Wildman–Crippen MR) is 94.1 cm³/mol. The molecule has 0 spiro atoms. The SMILES string of the molecule is Cc1ccc2ccc(CCc3nc4c(C)ncc(C)n4n3)nc2c1. The van der Waals surface area contributed by atoms with Gasteiger partial charge < -0.3 is 0 Å². The Morgan fingerprint density at radius 2 is 1.79 bits per heavy atom. The van der Waals surface area contributed by atoms with E-state index in [4.69, 9.17) is 4.98 Å². The highest BCUT2D eigenvalue weighted by molar-refractivity contribution is 5.79. The highest BCUT2D eigenvalue weighted by Gasteiger charge is 2.09. The van der Waals surface area contributed by atoms with E-state index < -0.39 is 0 Å². The third-order valence-corrected chi connectivity index (χ3v) is 4.26. The zero-order chi connectivity index (χ0) is 16.7. The van der Waals surface area contributed by atoms with Gasteiger partial charge in [-0.3, -0.25) is 9.97 Å². The maximum absolute atomic E-state index is 4.77. The van der Waals surface area contributed by atoms with Crippen molar-refractivity contribution in [2.45, 2.75) is 33.6 Å². The van der Waals surface area contributed by atoms with Gasteiger partial charge in [-0.1, -0.05) is 18.2 Å². The van der Waals surface area contributed by atoms with Crippen LogP contribution in [-0.4, -0.2) is 24.6 Å². The summed E-state index contributed by atoms with van der Waals surface area (Å²) in [7, 11) is 0. The maximum Gasteiger partial charge on any atom is 0.177 e. The Morgan fingerprint density at radius 1 is 0.958 bits per heavy atom. The lowest BCUT2D eigenvalue weighted by atomic mass is 10.1. The van der Waals surface area contributed by atoms with Crippen LogP contribution in [0.1, 0.15) is 28.5 Å². The molecule has 0 aliphatic rings. The number of nitrogens with zero attached hydrogens (tertiary/aromatic N) is 5. The van der Waals surface area contributed by atoms with E-state index in [1.807, 2.05) is 24.6 Å². The Bertz CT molecular complexity index is 1010. The molecule has 0 saturated carbocycles. The van der Waals surface area contributed by atoms with Crippen molar-refractivity contribution in [1.82, 2.24) is 24.6 Å². The van der Waals surface area contributed by atoms with Crippen LogP contribution in [-0.2, 0) is 12.8 Å². The summed E-state index contributed by atoms with van der Waals surface area (Å²) in [5.41, 5.74) is 6.08. The van der Waals surface area contributed by atoms with Crippen LogP contribution >= 0.6 is 0 Å². The van der Waals surface area contributed by atoms with Gasteiger partial charge in [0.15, 0.2) is 11.5 Å². The summed E-state index contributed by atoms with van der Waals surface area (Å²) in [6, 6.07) is 10.6. The molecule has 3 aromatic heterocycles. The van der Waals surface area contributed by atoms with Crippen LogP contribution in [0.3, 0.4) is 0 Å². The van der Waals surface area contributed by atoms with Crippen LogP contribution in [0, 0.1) is 20.8 Å². The molecule has 5 nitrogen and oxygen atoms in total. The summed E-state index contributed by atoms with van der Waals surface area (Å²) in [6.45, 7) is 6.04. The lowest BCUT2D eigenvalue weighted by Crippen LogP contribution is -1.99. The van der Waals surface area contributed by atoms with Crippen molar-refractivity contribution in [3.63, 3.8) is 0 Å². The first-order valence-electron chi connectivity index (χ1n) is 8.14. The van der Waals surface area contributed by atoms with E-state index in [1.165, 1.54) is 10.9 Å². The van der Waals surface area contributed by atoms with Gasteiger partial charge in [0.05, 0.1) is 16.9 Å². The molecule has 4 rings (SSSR count). The van der Waals surface area contributed by atoms with Crippen molar-refractivity contribution in [1.29, 1.82) is 0 Å². The quantitative estimate of drug-likeness (QED) is 0.581. The second-order valence-corrected chi connectivity index (χ2v) is 6.25. The van der Waals surface area contributed by atoms with Gasteiger partial charge in [-0.05, 0) is 44.9 Å². The molecule has 0 amide bonds. The van der Waals surface area contributed by atoms with Gasteiger partial charge in [0.1, 0.15) is 0 Å². The Morgan fingerprint density at radius 3 is 2.62 bits per heavy atom. The van der Waals surface area contributed by atoms with Crippen molar-refractivity contribution < 1.29 is 0 Å². The second kappa shape index (κ2) is 5.67. The maximum atomic E-state index is 4.77.